The van der Waals surface area contributed by atoms with Crippen LogP contribution in [0.15, 0.2) is 46.4 Å². The van der Waals surface area contributed by atoms with Gasteiger partial charge in [0.25, 0.3) is 0 Å². The molecule has 0 unspecified atom stereocenters. The standard InChI is InChI=1S/C22H26N4O4/c1-5-6-11-30-22(28)25-20-12-18(9-7-16(20)2)23-14-24-19-10-8-17(3)21(13-19)26(15-27)29-4/h7-10,12-13,15H,5-6,11H2,1-4H3,(H,25,28). The highest BCUT2D eigenvalue weighted by Crippen LogP contribution is 2.26. The highest BCUT2D eigenvalue weighted by molar-refractivity contribution is 5.86. The van der Waals surface area contributed by atoms with Gasteiger partial charge in [-0.15, -0.1) is 0 Å². The van der Waals surface area contributed by atoms with E-state index in [1.165, 1.54) is 7.11 Å². The molecule has 0 saturated heterocycles. The van der Waals surface area contributed by atoms with Crippen molar-refractivity contribution in [3.63, 3.8) is 0 Å². The van der Waals surface area contributed by atoms with Gasteiger partial charge in [0.15, 0.2) is 0 Å². The number of nitrogens with zero attached hydrogens (tertiary/aromatic N) is 3. The van der Waals surface area contributed by atoms with Crippen molar-refractivity contribution in [2.75, 3.05) is 24.1 Å². The Balaban J connectivity index is 2.16. The van der Waals surface area contributed by atoms with Gasteiger partial charge in [-0.05, 0) is 55.7 Å². The zero-order valence-electron chi connectivity index (χ0n) is 17.6. The van der Waals surface area contributed by atoms with E-state index in [0.29, 0.717) is 35.8 Å². The first-order chi connectivity index (χ1) is 14.5. The van der Waals surface area contributed by atoms with Crippen LogP contribution in [0.3, 0.4) is 0 Å². The second-order valence-corrected chi connectivity index (χ2v) is 6.52. The average Bonchev–Trinajstić information content (AvgIpc) is 2.73. The Kier molecular flexibility index (Phi) is 8.75. The predicted octanol–water partition coefficient (Wildman–Crippen LogP) is 5.31. The summed E-state index contributed by atoms with van der Waals surface area (Å²) in [4.78, 5) is 36.4. The lowest BCUT2D eigenvalue weighted by atomic mass is 10.2. The molecule has 2 amide bonds. The predicted molar refractivity (Wildman–Crippen MR) is 117 cm³/mol. The zero-order chi connectivity index (χ0) is 21.9. The van der Waals surface area contributed by atoms with E-state index in [2.05, 4.69) is 21.3 Å². The first-order valence-corrected chi connectivity index (χ1v) is 9.58. The van der Waals surface area contributed by atoms with Crippen LogP contribution in [-0.2, 0) is 14.4 Å². The van der Waals surface area contributed by atoms with Crippen molar-refractivity contribution in [1.82, 2.24) is 0 Å². The van der Waals surface area contributed by atoms with Gasteiger partial charge in [-0.3, -0.25) is 14.9 Å². The molecule has 30 heavy (non-hydrogen) atoms. The summed E-state index contributed by atoms with van der Waals surface area (Å²) in [6.45, 7) is 6.16. The third-order valence-corrected chi connectivity index (χ3v) is 4.27. The Morgan fingerprint density at radius 2 is 1.80 bits per heavy atom. The van der Waals surface area contributed by atoms with Crippen LogP contribution in [0.25, 0.3) is 0 Å². The SMILES string of the molecule is CCCCOC(=O)Nc1cc(N=C=Nc2ccc(C)c(N(C=O)OC)c2)ccc1C. The molecule has 0 atom stereocenters. The molecule has 2 aromatic rings. The molecule has 1 N–H and O–H groups in total. The van der Waals surface area contributed by atoms with Crippen molar-refractivity contribution in [3.8, 4) is 0 Å². The summed E-state index contributed by atoms with van der Waals surface area (Å²) in [7, 11) is 1.41. The smallest absolute Gasteiger partial charge is 0.411 e. The molecule has 0 saturated carbocycles. The number of amides is 2. The second-order valence-electron chi connectivity index (χ2n) is 6.52. The minimum Gasteiger partial charge on any atom is -0.449 e. The summed E-state index contributed by atoms with van der Waals surface area (Å²) in [5, 5.41) is 3.84. The average molecular weight is 410 g/mol. The second kappa shape index (κ2) is 11.5. The first kappa shape index (κ1) is 22.8. The summed E-state index contributed by atoms with van der Waals surface area (Å²) >= 11 is 0. The van der Waals surface area contributed by atoms with E-state index >= 15 is 0 Å². The maximum absolute atomic E-state index is 11.9. The summed E-state index contributed by atoms with van der Waals surface area (Å²) in [6, 6.07) is 13.3. The highest BCUT2D eigenvalue weighted by atomic mass is 16.7. The van der Waals surface area contributed by atoms with Gasteiger partial charge in [0, 0.05) is 5.69 Å². The van der Waals surface area contributed by atoms with Crippen molar-refractivity contribution in [1.29, 1.82) is 0 Å². The number of nitrogens with one attached hydrogen (secondary N) is 1. The number of carbonyl (C=O) groups is 2. The monoisotopic (exact) mass is 410 g/mol. The fraction of sp³-hybridized carbons (Fsp3) is 0.318. The van der Waals surface area contributed by atoms with E-state index in [1.807, 2.05) is 32.9 Å². The van der Waals surface area contributed by atoms with Crippen LogP contribution in [0.4, 0.5) is 27.5 Å². The maximum Gasteiger partial charge on any atom is 0.411 e. The van der Waals surface area contributed by atoms with Gasteiger partial charge < -0.3 is 4.74 Å². The van der Waals surface area contributed by atoms with E-state index in [4.69, 9.17) is 9.57 Å². The fourth-order valence-corrected chi connectivity index (χ4v) is 2.51. The van der Waals surface area contributed by atoms with Gasteiger partial charge in [-0.2, -0.15) is 15.0 Å². The van der Waals surface area contributed by atoms with Gasteiger partial charge in [0.2, 0.25) is 6.41 Å². The molecular weight excluding hydrogens is 384 g/mol. The fourth-order valence-electron chi connectivity index (χ4n) is 2.51. The van der Waals surface area contributed by atoms with Gasteiger partial charge in [0.1, 0.15) is 6.01 Å². The number of ether oxygens (including phenoxy) is 1. The molecular formula is C22H26N4O4. The van der Waals surface area contributed by atoms with Crippen molar-refractivity contribution in [2.24, 2.45) is 9.98 Å². The Morgan fingerprint density at radius 3 is 2.43 bits per heavy atom. The number of benzene rings is 2. The summed E-state index contributed by atoms with van der Waals surface area (Å²) in [5.41, 5.74) is 4.08. The maximum atomic E-state index is 11.9. The Hall–Kier alpha value is -3.48. The molecule has 0 aromatic heterocycles. The summed E-state index contributed by atoms with van der Waals surface area (Å²) in [6.07, 6.45) is 1.86. The van der Waals surface area contributed by atoms with Crippen molar-refractivity contribution >= 4 is 41.3 Å². The Bertz CT molecular complexity index is 952. The number of rotatable bonds is 9. The van der Waals surface area contributed by atoms with E-state index in [0.717, 1.165) is 29.0 Å². The van der Waals surface area contributed by atoms with Crippen LogP contribution in [0.2, 0.25) is 0 Å². The van der Waals surface area contributed by atoms with Gasteiger partial charge in [0.05, 0.1) is 30.8 Å². The van der Waals surface area contributed by atoms with Crippen LogP contribution in [0, 0.1) is 13.8 Å². The van der Waals surface area contributed by atoms with Crippen molar-refractivity contribution in [2.45, 2.75) is 33.6 Å². The molecule has 0 bridgehead atoms. The van der Waals surface area contributed by atoms with E-state index in [-0.39, 0.29) is 0 Å². The molecule has 8 nitrogen and oxygen atoms in total. The molecule has 2 rings (SSSR count). The first-order valence-electron chi connectivity index (χ1n) is 9.58. The van der Waals surface area contributed by atoms with Crippen LogP contribution < -0.4 is 10.4 Å². The minimum atomic E-state index is -0.494. The number of hydrogen-bond donors (Lipinski definition) is 1. The van der Waals surface area contributed by atoms with Crippen molar-refractivity contribution < 1.29 is 19.2 Å². The number of aryl methyl sites for hydroxylation is 2. The van der Waals surface area contributed by atoms with Crippen molar-refractivity contribution in [3.05, 3.63) is 47.5 Å². The molecule has 0 fully saturated rings. The molecule has 0 heterocycles. The molecule has 0 aliphatic rings. The molecule has 0 aliphatic heterocycles. The number of anilines is 2. The van der Waals surface area contributed by atoms with Crippen LogP contribution in [-0.4, -0.2) is 32.2 Å². The lowest BCUT2D eigenvalue weighted by Crippen LogP contribution is -2.19. The number of hydrogen-bond acceptors (Lipinski definition) is 6. The van der Waals surface area contributed by atoms with Crippen LogP contribution in [0.5, 0.6) is 0 Å². The van der Waals surface area contributed by atoms with Gasteiger partial charge in [-0.25, -0.2) is 4.79 Å². The van der Waals surface area contributed by atoms with Crippen LogP contribution >= 0.6 is 0 Å². The van der Waals surface area contributed by atoms with Gasteiger partial charge >= 0.3 is 6.09 Å². The molecule has 0 radical (unpaired) electrons. The minimum absolute atomic E-state index is 0.384. The molecule has 2 aromatic carbocycles. The highest BCUT2D eigenvalue weighted by Gasteiger charge is 2.09. The summed E-state index contributed by atoms with van der Waals surface area (Å²) < 4.78 is 5.12. The lowest BCUT2D eigenvalue weighted by molar-refractivity contribution is -0.112. The number of unbranched alkanes of at least 4 members (excludes halogenated alkanes) is 1. The topological polar surface area (TPSA) is 92.6 Å². The number of carbonyl (C=O) groups excluding carboxylic acids is 2. The quantitative estimate of drug-likeness (QED) is 0.262. The summed E-state index contributed by atoms with van der Waals surface area (Å²) in [5.74, 6) is 0. The zero-order valence-corrected chi connectivity index (χ0v) is 17.6. The largest absolute Gasteiger partial charge is 0.449 e. The third kappa shape index (κ3) is 6.55. The number of aliphatic imine (C=N–C) groups is 2. The number of hydroxylamine groups is 1. The Morgan fingerprint density at radius 1 is 1.13 bits per heavy atom. The van der Waals surface area contributed by atoms with E-state index in [9.17, 15) is 9.59 Å². The molecule has 0 aliphatic carbocycles. The van der Waals surface area contributed by atoms with E-state index in [1.54, 1.807) is 24.3 Å². The van der Waals surface area contributed by atoms with Gasteiger partial charge in [-0.1, -0.05) is 25.5 Å². The molecule has 158 valence electrons. The normalized spacial score (nSPS) is 10.0. The third-order valence-electron chi connectivity index (χ3n) is 4.27. The molecule has 0 spiro atoms. The molecule has 8 heteroatoms. The lowest BCUT2D eigenvalue weighted by Gasteiger charge is -2.16. The van der Waals surface area contributed by atoms with Crippen LogP contribution in [0.1, 0.15) is 30.9 Å². The Labute approximate surface area is 176 Å². The van der Waals surface area contributed by atoms with E-state index < -0.39 is 6.09 Å².